The lowest BCUT2D eigenvalue weighted by Gasteiger charge is -2.34. The maximum Gasteiger partial charge on any atom is 0.257 e. The van der Waals surface area contributed by atoms with Gasteiger partial charge in [-0.25, -0.2) is 0 Å². The van der Waals surface area contributed by atoms with Crippen LogP contribution in [0.4, 0.5) is 11.4 Å². The van der Waals surface area contributed by atoms with Gasteiger partial charge in [0.05, 0.1) is 5.56 Å². The predicted octanol–water partition coefficient (Wildman–Crippen LogP) is 2.39. The quantitative estimate of drug-likeness (QED) is 0.946. The van der Waals surface area contributed by atoms with Crippen molar-refractivity contribution >= 4 is 17.3 Å². The van der Waals surface area contributed by atoms with Crippen LogP contribution in [0.15, 0.2) is 42.6 Å². The summed E-state index contributed by atoms with van der Waals surface area (Å²) in [4.78, 5) is 21.1. The Bertz CT molecular complexity index is 676. The van der Waals surface area contributed by atoms with Crippen molar-refractivity contribution in [3.63, 3.8) is 0 Å². The number of hydrogen-bond acceptors (Lipinski definition) is 4. The van der Waals surface area contributed by atoms with Crippen molar-refractivity contribution in [1.82, 2.24) is 9.88 Å². The maximum atomic E-state index is 12.3. The molecule has 0 spiro atoms. The summed E-state index contributed by atoms with van der Waals surface area (Å²) in [5.74, 6) is -0.122. The fourth-order valence-corrected chi connectivity index (χ4v) is 2.74. The second-order valence-corrected chi connectivity index (χ2v) is 5.93. The highest BCUT2D eigenvalue weighted by atomic mass is 16.1. The second-order valence-electron chi connectivity index (χ2n) is 5.93. The molecule has 2 heterocycles. The topological polar surface area (TPSA) is 48.5 Å². The first kappa shape index (κ1) is 15.5. The van der Waals surface area contributed by atoms with Crippen molar-refractivity contribution in [1.29, 1.82) is 0 Å². The van der Waals surface area contributed by atoms with E-state index in [1.807, 2.05) is 19.1 Å². The van der Waals surface area contributed by atoms with Crippen LogP contribution < -0.4 is 10.2 Å². The normalized spacial score (nSPS) is 15.5. The molecule has 0 atom stereocenters. The van der Waals surface area contributed by atoms with Gasteiger partial charge in [-0.2, -0.15) is 0 Å². The Hall–Kier alpha value is -2.40. The number of hydrogen-bond donors (Lipinski definition) is 1. The highest BCUT2D eigenvalue weighted by Gasteiger charge is 2.14. The molecule has 1 saturated heterocycles. The summed E-state index contributed by atoms with van der Waals surface area (Å²) in [6, 6.07) is 11.6. The average Bonchev–Trinajstić information content (AvgIpc) is 2.57. The number of pyridine rings is 1. The third-order valence-electron chi connectivity index (χ3n) is 4.25. The molecule has 2 aromatic rings. The number of likely N-dealkylation sites (N-methyl/N-ethyl adjacent to an activating group) is 1. The van der Waals surface area contributed by atoms with E-state index in [0.29, 0.717) is 5.56 Å². The zero-order valence-electron chi connectivity index (χ0n) is 13.6. The van der Waals surface area contributed by atoms with Gasteiger partial charge in [0.1, 0.15) is 0 Å². The molecule has 1 aromatic carbocycles. The number of carbonyl (C=O) groups excluding carboxylic acids is 1. The third-order valence-corrected chi connectivity index (χ3v) is 4.25. The van der Waals surface area contributed by atoms with Crippen LogP contribution in [0.3, 0.4) is 0 Å². The molecule has 5 nitrogen and oxygen atoms in total. The molecule has 0 saturated carbocycles. The van der Waals surface area contributed by atoms with E-state index in [4.69, 9.17) is 0 Å². The van der Waals surface area contributed by atoms with E-state index in [0.717, 1.165) is 37.6 Å². The summed E-state index contributed by atoms with van der Waals surface area (Å²) in [5.41, 5.74) is 3.35. The number of benzene rings is 1. The zero-order valence-corrected chi connectivity index (χ0v) is 13.6. The molecule has 120 valence electrons. The van der Waals surface area contributed by atoms with E-state index in [1.54, 1.807) is 18.3 Å². The van der Waals surface area contributed by atoms with Crippen LogP contribution in [0.2, 0.25) is 0 Å². The fourth-order valence-electron chi connectivity index (χ4n) is 2.74. The van der Waals surface area contributed by atoms with Gasteiger partial charge < -0.3 is 15.1 Å². The molecule has 0 aliphatic carbocycles. The van der Waals surface area contributed by atoms with E-state index < -0.39 is 0 Å². The minimum Gasteiger partial charge on any atom is -0.369 e. The first-order valence-electron chi connectivity index (χ1n) is 7.90. The molecule has 3 rings (SSSR count). The predicted molar refractivity (Wildman–Crippen MR) is 93.1 cm³/mol. The van der Waals surface area contributed by atoms with Crippen molar-refractivity contribution in [2.45, 2.75) is 6.92 Å². The van der Waals surface area contributed by atoms with Gasteiger partial charge in [0.15, 0.2) is 0 Å². The van der Waals surface area contributed by atoms with Crippen LogP contribution >= 0.6 is 0 Å². The first-order valence-corrected chi connectivity index (χ1v) is 7.90. The van der Waals surface area contributed by atoms with Gasteiger partial charge in [0, 0.05) is 49.4 Å². The Morgan fingerprint density at radius 3 is 2.43 bits per heavy atom. The smallest absolute Gasteiger partial charge is 0.257 e. The molecule has 1 aliphatic heterocycles. The number of piperazine rings is 1. The molecule has 23 heavy (non-hydrogen) atoms. The number of nitrogens with one attached hydrogen (secondary N) is 1. The number of rotatable bonds is 3. The first-order chi connectivity index (χ1) is 11.1. The monoisotopic (exact) mass is 310 g/mol. The van der Waals surface area contributed by atoms with Gasteiger partial charge in [0.25, 0.3) is 5.91 Å². The zero-order chi connectivity index (χ0) is 16.2. The van der Waals surface area contributed by atoms with Crippen molar-refractivity contribution in [2.75, 3.05) is 43.4 Å². The molecule has 1 aliphatic rings. The summed E-state index contributed by atoms with van der Waals surface area (Å²) in [6.45, 7) is 6.08. The molecular formula is C18H22N4O. The Kier molecular flexibility index (Phi) is 4.57. The van der Waals surface area contributed by atoms with E-state index in [9.17, 15) is 4.79 Å². The summed E-state index contributed by atoms with van der Waals surface area (Å²) in [6.07, 6.45) is 1.69. The highest BCUT2D eigenvalue weighted by molar-refractivity contribution is 6.05. The average molecular weight is 310 g/mol. The van der Waals surface area contributed by atoms with Gasteiger partial charge in [-0.05, 0) is 50.4 Å². The van der Waals surface area contributed by atoms with Gasteiger partial charge >= 0.3 is 0 Å². The lowest BCUT2D eigenvalue weighted by Crippen LogP contribution is -2.44. The number of aryl methyl sites for hydroxylation is 1. The van der Waals surface area contributed by atoms with E-state index >= 15 is 0 Å². The Morgan fingerprint density at radius 1 is 1.09 bits per heavy atom. The van der Waals surface area contributed by atoms with Crippen LogP contribution in [0.1, 0.15) is 16.1 Å². The third kappa shape index (κ3) is 3.68. The minimum absolute atomic E-state index is 0.122. The van der Waals surface area contributed by atoms with E-state index in [1.165, 1.54) is 5.69 Å². The van der Waals surface area contributed by atoms with Crippen molar-refractivity contribution in [3.05, 3.63) is 53.9 Å². The van der Waals surface area contributed by atoms with Crippen LogP contribution in [0, 0.1) is 6.92 Å². The number of nitrogens with zero attached hydrogens (tertiary/aromatic N) is 3. The van der Waals surface area contributed by atoms with Gasteiger partial charge in [-0.3, -0.25) is 9.78 Å². The van der Waals surface area contributed by atoms with Gasteiger partial charge in [0.2, 0.25) is 0 Å². The lowest BCUT2D eigenvalue weighted by atomic mass is 10.2. The van der Waals surface area contributed by atoms with Crippen molar-refractivity contribution < 1.29 is 4.79 Å². The molecular weight excluding hydrogens is 288 g/mol. The second kappa shape index (κ2) is 6.79. The number of amides is 1. The molecule has 1 fully saturated rings. The fraction of sp³-hybridized carbons (Fsp3) is 0.333. The lowest BCUT2D eigenvalue weighted by molar-refractivity contribution is 0.102. The summed E-state index contributed by atoms with van der Waals surface area (Å²) in [5, 5.41) is 2.93. The van der Waals surface area contributed by atoms with E-state index in [2.05, 4.69) is 39.3 Å². The van der Waals surface area contributed by atoms with Crippen molar-refractivity contribution in [2.24, 2.45) is 0 Å². The highest BCUT2D eigenvalue weighted by Crippen LogP contribution is 2.20. The molecule has 1 amide bonds. The van der Waals surface area contributed by atoms with Crippen LogP contribution in [-0.4, -0.2) is 49.0 Å². The standard InChI is InChI=1S/C18H22N4O/c1-14-17(4-3-9-19-14)18(23)20-15-5-7-16(8-6-15)22-12-10-21(2)11-13-22/h3-9H,10-13H2,1-2H3,(H,20,23). The van der Waals surface area contributed by atoms with Gasteiger partial charge in [-0.1, -0.05) is 0 Å². The summed E-state index contributed by atoms with van der Waals surface area (Å²) >= 11 is 0. The Labute approximate surface area is 136 Å². The Balaban J connectivity index is 1.66. The summed E-state index contributed by atoms with van der Waals surface area (Å²) in [7, 11) is 2.15. The van der Waals surface area contributed by atoms with Crippen LogP contribution in [0.25, 0.3) is 0 Å². The van der Waals surface area contributed by atoms with Crippen LogP contribution in [0.5, 0.6) is 0 Å². The summed E-state index contributed by atoms with van der Waals surface area (Å²) < 4.78 is 0. The Morgan fingerprint density at radius 2 is 1.78 bits per heavy atom. The van der Waals surface area contributed by atoms with E-state index in [-0.39, 0.29) is 5.91 Å². The SMILES string of the molecule is Cc1ncccc1C(=O)Nc1ccc(N2CCN(C)CC2)cc1. The number of carbonyl (C=O) groups is 1. The molecule has 0 unspecified atom stereocenters. The minimum atomic E-state index is -0.122. The molecule has 1 aromatic heterocycles. The molecule has 5 heteroatoms. The molecule has 0 radical (unpaired) electrons. The number of anilines is 2. The largest absolute Gasteiger partial charge is 0.369 e. The van der Waals surface area contributed by atoms with Gasteiger partial charge in [-0.15, -0.1) is 0 Å². The van der Waals surface area contributed by atoms with Crippen LogP contribution in [-0.2, 0) is 0 Å². The molecule has 1 N–H and O–H groups in total. The van der Waals surface area contributed by atoms with Crippen molar-refractivity contribution in [3.8, 4) is 0 Å². The number of aromatic nitrogens is 1. The molecule has 0 bridgehead atoms. The maximum absolute atomic E-state index is 12.3.